The zero-order valence-electron chi connectivity index (χ0n) is 10.9. The van der Waals surface area contributed by atoms with Crippen LogP contribution in [0.3, 0.4) is 0 Å². The third-order valence-electron chi connectivity index (χ3n) is 3.21. The zero-order valence-corrected chi connectivity index (χ0v) is 11.6. The lowest BCUT2D eigenvalue weighted by molar-refractivity contribution is -0.134. The van der Waals surface area contributed by atoms with E-state index in [9.17, 15) is 13.6 Å². The number of nitrogens with zero attached hydrogens (tertiary/aromatic N) is 2. The van der Waals surface area contributed by atoms with Gasteiger partial charge in [-0.25, -0.2) is 18.7 Å². The highest BCUT2D eigenvalue weighted by Gasteiger charge is 2.42. The second-order valence-electron chi connectivity index (χ2n) is 5.11. The van der Waals surface area contributed by atoms with Crippen LogP contribution in [0.5, 0.6) is 0 Å². The van der Waals surface area contributed by atoms with Crippen molar-refractivity contribution in [3.05, 3.63) is 17.5 Å². The Morgan fingerprint density at radius 2 is 2.10 bits per heavy atom. The third-order valence-corrected chi connectivity index (χ3v) is 3.48. The second-order valence-corrected chi connectivity index (χ2v) is 5.47. The maximum absolute atomic E-state index is 13.4. The molecule has 2 N–H and O–H groups in total. The molecular formula is C12H15ClF2N4O. The van der Waals surface area contributed by atoms with E-state index in [0.717, 1.165) is 0 Å². The molecule has 0 spiro atoms. The third kappa shape index (κ3) is 3.75. The van der Waals surface area contributed by atoms with Crippen LogP contribution in [-0.2, 0) is 4.79 Å². The highest BCUT2D eigenvalue weighted by Crippen LogP contribution is 2.39. The van der Waals surface area contributed by atoms with Gasteiger partial charge in [0, 0.05) is 31.2 Å². The van der Waals surface area contributed by atoms with Gasteiger partial charge in [-0.15, -0.1) is 0 Å². The fourth-order valence-electron chi connectivity index (χ4n) is 2.43. The second kappa shape index (κ2) is 5.87. The molecule has 1 fully saturated rings. The summed E-state index contributed by atoms with van der Waals surface area (Å²) in [6, 6.07) is 0. The van der Waals surface area contributed by atoms with E-state index >= 15 is 0 Å². The number of aromatic nitrogens is 2. The molecule has 1 aliphatic rings. The predicted molar refractivity (Wildman–Crippen MR) is 70.3 cm³/mol. The molecule has 2 rings (SSSR count). The van der Waals surface area contributed by atoms with Crippen molar-refractivity contribution in [1.29, 1.82) is 0 Å². The maximum atomic E-state index is 13.4. The van der Waals surface area contributed by atoms with Crippen LogP contribution in [0.25, 0.3) is 0 Å². The van der Waals surface area contributed by atoms with Gasteiger partial charge in [0.25, 0.3) is 0 Å². The average Bonchev–Trinajstić information content (AvgIpc) is 2.35. The van der Waals surface area contributed by atoms with Gasteiger partial charge in [-0.2, -0.15) is 0 Å². The summed E-state index contributed by atoms with van der Waals surface area (Å²) < 4.78 is 26.9. The van der Waals surface area contributed by atoms with Crippen LogP contribution in [-0.4, -0.2) is 21.8 Å². The summed E-state index contributed by atoms with van der Waals surface area (Å²) in [5.74, 6) is -4.01. The number of alkyl halides is 2. The lowest BCUT2D eigenvalue weighted by Crippen LogP contribution is -2.42. The van der Waals surface area contributed by atoms with Crippen LogP contribution < -0.4 is 10.9 Å². The number of carbonyl (C=O) groups is 1. The molecule has 1 amide bonds. The summed E-state index contributed by atoms with van der Waals surface area (Å²) in [5, 5.41) is 0.0927. The normalized spacial score (nSPS) is 25.0. The Morgan fingerprint density at radius 3 is 2.75 bits per heavy atom. The van der Waals surface area contributed by atoms with E-state index in [1.54, 1.807) is 6.92 Å². The fraction of sp³-hybridized carbons (Fsp3) is 0.583. The minimum atomic E-state index is -2.79. The Kier molecular flexibility index (Phi) is 4.37. The minimum Gasteiger partial charge on any atom is -0.279 e. The van der Waals surface area contributed by atoms with Crippen molar-refractivity contribution in [3.8, 4) is 0 Å². The van der Waals surface area contributed by atoms with Crippen molar-refractivity contribution < 1.29 is 13.6 Å². The number of hydrogen-bond acceptors (Lipinski definition) is 4. The quantitative estimate of drug-likeness (QED) is 0.843. The van der Waals surface area contributed by atoms with E-state index < -0.39 is 24.2 Å². The Balaban J connectivity index is 1.93. The van der Waals surface area contributed by atoms with Gasteiger partial charge >= 0.3 is 0 Å². The van der Waals surface area contributed by atoms with Crippen LogP contribution in [0.1, 0.15) is 26.2 Å². The molecule has 8 heteroatoms. The Labute approximate surface area is 120 Å². The molecule has 0 radical (unpaired) electrons. The Morgan fingerprint density at radius 1 is 1.40 bits per heavy atom. The molecule has 0 aromatic carbocycles. The predicted octanol–water partition coefficient (Wildman–Crippen LogP) is 2.64. The van der Waals surface area contributed by atoms with E-state index in [1.807, 2.05) is 0 Å². The fourth-order valence-corrected chi connectivity index (χ4v) is 2.59. The number of anilines is 1. The molecule has 1 aliphatic carbocycles. The van der Waals surface area contributed by atoms with Crippen LogP contribution in [0.4, 0.5) is 14.6 Å². The first-order valence-electron chi connectivity index (χ1n) is 6.27. The number of hydrogen-bond donors (Lipinski definition) is 2. The molecule has 2 unspecified atom stereocenters. The van der Waals surface area contributed by atoms with Gasteiger partial charge in [0.1, 0.15) is 0 Å². The molecule has 110 valence electrons. The molecule has 1 saturated carbocycles. The highest BCUT2D eigenvalue weighted by atomic mass is 35.5. The van der Waals surface area contributed by atoms with E-state index in [1.165, 1.54) is 12.4 Å². The highest BCUT2D eigenvalue weighted by molar-refractivity contribution is 6.31. The van der Waals surface area contributed by atoms with Gasteiger partial charge in [0.15, 0.2) is 11.0 Å². The molecule has 0 aliphatic heterocycles. The number of carbonyl (C=O) groups excluding carboxylic acids is 1. The summed E-state index contributed by atoms with van der Waals surface area (Å²) in [4.78, 5) is 19.6. The standard InChI is InChI=1S/C12H15ClF2N4O/c1-7-4-8(6-12(14,15)5-7)11(20)19-18-10-9(13)16-2-3-17-10/h2-3,7-8H,4-6H2,1H3,(H,17,18)(H,19,20). The van der Waals surface area contributed by atoms with Gasteiger partial charge in [-0.3, -0.25) is 15.6 Å². The smallest absolute Gasteiger partial charge is 0.249 e. The zero-order chi connectivity index (χ0) is 14.8. The summed E-state index contributed by atoms with van der Waals surface area (Å²) in [5.41, 5.74) is 4.86. The van der Waals surface area contributed by atoms with Crippen molar-refractivity contribution in [1.82, 2.24) is 15.4 Å². The van der Waals surface area contributed by atoms with Gasteiger partial charge in [0.05, 0.1) is 0 Å². The number of amides is 1. The number of nitrogens with one attached hydrogen (secondary N) is 2. The first-order chi connectivity index (χ1) is 9.37. The van der Waals surface area contributed by atoms with Gasteiger partial charge in [-0.1, -0.05) is 18.5 Å². The Bertz CT molecular complexity index is 500. The molecular weight excluding hydrogens is 290 g/mol. The topological polar surface area (TPSA) is 66.9 Å². The largest absolute Gasteiger partial charge is 0.279 e. The van der Waals surface area contributed by atoms with E-state index in [4.69, 9.17) is 11.6 Å². The van der Waals surface area contributed by atoms with Crippen LogP contribution in [0, 0.1) is 11.8 Å². The van der Waals surface area contributed by atoms with Gasteiger partial charge < -0.3 is 0 Å². The molecule has 1 aromatic rings. The van der Waals surface area contributed by atoms with Crippen LogP contribution >= 0.6 is 11.6 Å². The van der Waals surface area contributed by atoms with Crippen molar-refractivity contribution in [3.63, 3.8) is 0 Å². The summed E-state index contributed by atoms with van der Waals surface area (Å²) in [7, 11) is 0. The van der Waals surface area contributed by atoms with E-state index in [-0.39, 0.29) is 23.3 Å². The van der Waals surface area contributed by atoms with Crippen LogP contribution in [0.2, 0.25) is 5.15 Å². The van der Waals surface area contributed by atoms with Gasteiger partial charge in [0.2, 0.25) is 11.8 Å². The number of hydrazine groups is 1. The lowest BCUT2D eigenvalue weighted by Gasteiger charge is -2.32. The SMILES string of the molecule is CC1CC(C(=O)NNc2nccnc2Cl)CC(F)(F)C1. The number of rotatable bonds is 3. The van der Waals surface area contributed by atoms with Gasteiger partial charge in [-0.05, 0) is 12.3 Å². The molecule has 2 atom stereocenters. The summed E-state index contributed by atoms with van der Waals surface area (Å²) >= 11 is 5.75. The van der Waals surface area contributed by atoms with Crippen molar-refractivity contribution in [2.24, 2.45) is 11.8 Å². The molecule has 0 bridgehead atoms. The molecule has 1 aromatic heterocycles. The van der Waals surface area contributed by atoms with E-state index in [2.05, 4.69) is 20.8 Å². The van der Waals surface area contributed by atoms with Crippen LogP contribution in [0.15, 0.2) is 12.4 Å². The first kappa shape index (κ1) is 14.9. The van der Waals surface area contributed by atoms with Crippen molar-refractivity contribution in [2.45, 2.75) is 32.1 Å². The molecule has 1 heterocycles. The molecule has 5 nitrogen and oxygen atoms in total. The number of halogens is 3. The molecule has 20 heavy (non-hydrogen) atoms. The van der Waals surface area contributed by atoms with Crippen molar-refractivity contribution >= 4 is 23.3 Å². The average molecular weight is 305 g/mol. The minimum absolute atomic E-state index is 0.0927. The first-order valence-corrected chi connectivity index (χ1v) is 6.65. The Hall–Kier alpha value is -1.50. The summed E-state index contributed by atoms with van der Waals surface area (Å²) in [6.45, 7) is 1.72. The monoisotopic (exact) mass is 304 g/mol. The van der Waals surface area contributed by atoms with Crippen molar-refractivity contribution in [2.75, 3.05) is 5.43 Å². The van der Waals surface area contributed by atoms with E-state index in [0.29, 0.717) is 6.42 Å². The summed E-state index contributed by atoms with van der Waals surface area (Å²) in [6.07, 6.45) is 2.65. The maximum Gasteiger partial charge on any atom is 0.249 e. The molecule has 0 saturated heterocycles. The lowest BCUT2D eigenvalue weighted by atomic mass is 9.80.